The van der Waals surface area contributed by atoms with E-state index in [1.807, 2.05) is 66.2 Å². The maximum atomic E-state index is 13.8. The molecule has 2 aromatic heterocycles. The summed E-state index contributed by atoms with van der Waals surface area (Å²) in [6.07, 6.45) is 0. The third kappa shape index (κ3) is 5.70. The van der Waals surface area contributed by atoms with E-state index >= 15 is 0 Å². The van der Waals surface area contributed by atoms with E-state index in [1.165, 1.54) is 34.8 Å². The molecule has 4 rings (SSSR count). The van der Waals surface area contributed by atoms with E-state index in [-0.39, 0.29) is 24.2 Å². The summed E-state index contributed by atoms with van der Waals surface area (Å²) in [5, 5.41) is 6.66. The van der Waals surface area contributed by atoms with Crippen LogP contribution in [0.4, 0.5) is 15.8 Å². The largest absolute Gasteiger partial charge is 0.377 e. The lowest BCUT2D eigenvalue weighted by Gasteiger charge is -2.26. The van der Waals surface area contributed by atoms with Gasteiger partial charge in [-0.05, 0) is 64.4 Å². The number of nitrogens with one attached hydrogen (secondary N) is 1. The Labute approximate surface area is 206 Å². The number of hydrogen-bond donors (Lipinski definition) is 1. The van der Waals surface area contributed by atoms with Crippen molar-refractivity contribution in [3.63, 3.8) is 0 Å². The highest BCUT2D eigenvalue weighted by Gasteiger charge is 2.20. The van der Waals surface area contributed by atoms with E-state index in [0.717, 1.165) is 11.3 Å². The van der Waals surface area contributed by atoms with Gasteiger partial charge in [-0.15, -0.1) is 22.7 Å². The summed E-state index contributed by atoms with van der Waals surface area (Å²) >= 11 is 2.75. The summed E-state index contributed by atoms with van der Waals surface area (Å²) in [5.74, 6) is -0.643. The Morgan fingerprint density at radius 3 is 2.26 bits per heavy atom. The second-order valence-corrected chi connectivity index (χ2v) is 9.83. The maximum absolute atomic E-state index is 13.8. The summed E-state index contributed by atoms with van der Waals surface area (Å²) < 4.78 is 13.8. The van der Waals surface area contributed by atoms with Crippen LogP contribution in [0.5, 0.6) is 0 Å². The minimum atomic E-state index is -0.340. The lowest BCUT2D eigenvalue weighted by atomic mass is 10.1. The van der Waals surface area contributed by atoms with Crippen LogP contribution in [0.25, 0.3) is 0 Å². The zero-order valence-electron chi connectivity index (χ0n) is 18.8. The van der Waals surface area contributed by atoms with Crippen LogP contribution >= 0.6 is 22.7 Å². The van der Waals surface area contributed by atoms with Gasteiger partial charge in [0.1, 0.15) is 5.82 Å². The van der Waals surface area contributed by atoms with Crippen LogP contribution in [0.3, 0.4) is 0 Å². The summed E-state index contributed by atoms with van der Waals surface area (Å²) in [6.45, 7) is 0.552. The monoisotopic (exact) mass is 493 g/mol. The minimum Gasteiger partial charge on any atom is -0.377 e. The predicted molar refractivity (Wildman–Crippen MR) is 137 cm³/mol. The molecule has 174 valence electrons. The third-order valence-electron chi connectivity index (χ3n) is 5.21. The molecule has 34 heavy (non-hydrogen) atoms. The smallest absolute Gasteiger partial charge is 0.265 e. The Bertz CT molecular complexity index is 1270. The fourth-order valence-electron chi connectivity index (χ4n) is 3.64. The highest BCUT2D eigenvalue weighted by Crippen LogP contribution is 2.27. The molecule has 0 unspecified atom stereocenters. The molecule has 0 radical (unpaired) electrons. The van der Waals surface area contributed by atoms with Gasteiger partial charge in [-0.2, -0.15) is 0 Å². The van der Waals surface area contributed by atoms with E-state index < -0.39 is 0 Å². The Kier molecular flexibility index (Phi) is 7.40. The predicted octanol–water partition coefficient (Wildman–Crippen LogP) is 6.11. The number of benzene rings is 2. The molecule has 0 spiro atoms. The molecule has 0 fully saturated rings. The first kappa shape index (κ1) is 23.7. The number of anilines is 2. The molecule has 2 amide bonds. The number of nitrogens with zero attached hydrogens (tertiary/aromatic N) is 2. The van der Waals surface area contributed by atoms with Crippen molar-refractivity contribution in [1.82, 2.24) is 4.90 Å². The molecule has 0 bridgehead atoms. The van der Waals surface area contributed by atoms with E-state index in [0.29, 0.717) is 27.5 Å². The van der Waals surface area contributed by atoms with E-state index in [4.69, 9.17) is 0 Å². The molecule has 0 aliphatic rings. The number of halogens is 1. The van der Waals surface area contributed by atoms with E-state index in [2.05, 4.69) is 5.32 Å². The molecular formula is C26H24FN3O2S2. The van der Waals surface area contributed by atoms with Gasteiger partial charge in [-0.1, -0.05) is 24.3 Å². The van der Waals surface area contributed by atoms with E-state index in [1.54, 1.807) is 23.1 Å². The van der Waals surface area contributed by atoms with Crippen molar-refractivity contribution >= 4 is 45.9 Å². The van der Waals surface area contributed by atoms with Crippen LogP contribution in [0, 0.1) is 5.82 Å². The number of carbonyl (C=O) groups excluding carboxylic acids is 2. The molecule has 4 aromatic rings. The number of thiophene rings is 2. The lowest BCUT2D eigenvalue weighted by molar-refractivity contribution is 0.0735. The summed E-state index contributed by atoms with van der Waals surface area (Å²) in [7, 11) is 3.86. The molecular weight excluding hydrogens is 469 g/mol. The van der Waals surface area contributed by atoms with Crippen molar-refractivity contribution < 1.29 is 14.0 Å². The van der Waals surface area contributed by atoms with Gasteiger partial charge in [-0.25, -0.2) is 4.39 Å². The van der Waals surface area contributed by atoms with Crippen molar-refractivity contribution in [3.05, 3.63) is 104 Å². The Balaban J connectivity index is 1.65. The zero-order valence-corrected chi connectivity index (χ0v) is 20.5. The third-order valence-corrected chi connectivity index (χ3v) is 6.93. The van der Waals surface area contributed by atoms with Crippen LogP contribution in [0.1, 0.15) is 30.5 Å². The lowest BCUT2D eigenvalue weighted by Crippen LogP contribution is -2.30. The van der Waals surface area contributed by atoms with Crippen molar-refractivity contribution in [1.29, 1.82) is 0 Å². The molecule has 5 nitrogen and oxygen atoms in total. The molecule has 0 atom stereocenters. The summed E-state index contributed by atoms with van der Waals surface area (Å²) in [4.78, 5) is 30.8. The van der Waals surface area contributed by atoms with Crippen molar-refractivity contribution in [2.45, 2.75) is 13.1 Å². The fraction of sp³-hybridized carbons (Fsp3) is 0.154. The van der Waals surface area contributed by atoms with Crippen LogP contribution in [0.2, 0.25) is 0 Å². The van der Waals surface area contributed by atoms with Gasteiger partial charge in [0.25, 0.3) is 11.8 Å². The fourth-order valence-corrected chi connectivity index (χ4v) is 4.95. The molecule has 1 N–H and O–H groups in total. The Morgan fingerprint density at radius 1 is 0.882 bits per heavy atom. The number of carbonyl (C=O) groups is 2. The van der Waals surface area contributed by atoms with E-state index in [9.17, 15) is 14.0 Å². The topological polar surface area (TPSA) is 52.7 Å². The number of amides is 2. The quantitative estimate of drug-likeness (QED) is 0.322. The minimum absolute atomic E-state index is 0.128. The molecule has 8 heteroatoms. The molecule has 2 heterocycles. The number of rotatable bonds is 8. The standard InChI is InChI=1S/C26H24FN3O2S2/c1-29(2)22-11-10-21(28-25(31)23-8-4-12-33-23)15-19(22)17-30(26(32)24-9-5-13-34-24)16-18-6-3-7-20(27)14-18/h3-15H,16-17H2,1-2H3,(H,28,31). The van der Waals surface area contributed by atoms with Crippen LogP contribution in [0.15, 0.2) is 77.5 Å². The number of hydrogen-bond acceptors (Lipinski definition) is 5. The average Bonchev–Trinajstić information content (AvgIpc) is 3.53. The first-order valence-corrected chi connectivity index (χ1v) is 12.4. The van der Waals surface area contributed by atoms with Crippen molar-refractivity contribution in [2.75, 3.05) is 24.3 Å². The zero-order chi connectivity index (χ0) is 24.1. The highest BCUT2D eigenvalue weighted by molar-refractivity contribution is 7.12. The molecule has 0 saturated heterocycles. The molecule has 2 aromatic carbocycles. The van der Waals surface area contributed by atoms with Crippen LogP contribution in [-0.4, -0.2) is 30.8 Å². The van der Waals surface area contributed by atoms with Crippen LogP contribution < -0.4 is 10.2 Å². The molecule has 0 aliphatic carbocycles. The SMILES string of the molecule is CN(C)c1ccc(NC(=O)c2cccs2)cc1CN(Cc1cccc(F)c1)C(=O)c1cccs1. The Hall–Kier alpha value is -3.49. The summed E-state index contributed by atoms with van der Waals surface area (Å²) in [5.41, 5.74) is 3.15. The van der Waals surface area contributed by atoms with Gasteiger partial charge in [0.15, 0.2) is 0 Å². The van der Waals surface area contributed by atoms with Gasteiger partial charge >= 0.3 is 0 Å². The van der Waals surface area contributed by atoms with Gasteiger partial charge in [0, 0.05) is 38.6 Å². The van der Waals surface area contributed by atoms with Gasteiger partial charge in [0.05, 0.1) is 9.75 Å². The van der Waals surface area contributed by atoms with Crippen molar-refractivity contribution in [3.8, 4) is 0 Å². The average molecular weight is 494 g/mol. The second kappa shape index (κ2) is 10.6. The Morgan fingerprint density at radius 2 is 1.62 bits per heavy atom. The van der Waals surface area contributed by atoms with Crippen LogP contribution in [-0.2, 0) is 13.1 Å². The summed E-state index contributed by atoms with van der Waals surface area (Å²) in [6, 6.07) is 19.2. The first-order chi connectivity index (χ1) is 16.4. The first-order valence-electron chi connectivity index (χ1n) is 10.6. The van der Waals surface area contributed by atoms with Gasteiger partial charge < -0.3 is 15.1 Å². The maximum Gasteiger partial charge on any atom is 0.265 e. The molecule has 0 saturated carbocycles. The van der Waals surface area contributed by atoms with Gasteiger partial charge in [0.2, 0.25) is 0 Å². The van der Waals surface area contributed by atoms with Crippen molar-refractivity contribution in [2.24, 2.45) is 0 Å². The molecule has 0 aliphatic heterocycles. The van der Waals surface area contributed by atoms with Gasteiger partial charge in [-0.3, -0.25) is 9.59 Å². The second-order valence-electron chi connectivity index (χ2n) is 7.94. The normalized spacial score (nSPS) is 10.7. The highest BCUT2D eigenvalue weighted by atomic mass is 32.1.